The van der Waals surface area contributed by atoms with E-state index >= 15 is 0 Å². The minimum absolute atomic E-state index is 0.0345. The van der Waals surface area contributed by atoms with Gasteiger partial charge in [0.1, 0.15) is 0 Å². The molecule has 0 radical (unpaired) electrons. The van der Waals surface area contributed by atoms with E-state index in [-0.39, 0.29) is 12.1 Å². The van der Waals surface area contributed by atoms with E-state index in [9.17, 15) is 0 Å². The first-order valence-electron chi connectivity index (χ1n) is 22.9. The highest BCUT2D eigenvalue weighted by Gasteiger charge is 2.53. The van der Waals surface area contributed by atoms with Crippen LogP contribution in [0.3, 0.4) is 0 Å². The van der Waals surface area contributed by atoms with Crippen LogP contribution in [0.5, 0.6) is 0 Å². The largest absolute Gasteiger partial charge is 0.311 e. The lowest BCUT2D eigenvalue weighted by atomic mass is 9.30. The molecule has 0 spiro atoms. The highest BCUT2D eigenvalue weighted by Crippen LogP contribution is 2.57. The predicted octanol–water partition coefficient (Wildman–Crippen LogP) is 14.7. The van der Waals surface area contributed by atoms with Crippen molar-refractivity contribution in [2.24, 2.45) is 0 Å². The Labute approximate surface area is 372 Å². The first kappa shape index (κ1) is 37.7. The van der Waals surface area contributed by atoms with Gasteiger partial charge in [0.2, 0.25) is 6.71 Å². The maximum absolute atomic E-state index is 2.67. The van der Waals surface area contributed by atoms with Gasteiger partial charge in [-0.25, -0.2) is 0 Å². The Kier molecular flexibility index (Phi) is 9.04. The van der Waals surface area contributed by atoms with Crippen molar-refractivity contribution < 1.29 is 0 Å². The molecular formula is C59H50BN3. The Bertz CT molecular complexity index is 2990. The van der Waals surface area contributed by atoms with Crippen molar-refractivity contribution in [1.29, 1.82) is 0 Å². The summed E-state index contributed by atoms with van der Waals surface area (Å²) in [6, 6.07) is 74.7. The van der Waals surface area contributed by atoms with Crippen LogP contribution in [0.2, 0.25) is 0 Å². The Morgan fingerprint density at radius 1 is 0.492 bits per heavy atom. The first-order valence-corrected chi connectivity index (χ1v) is 22.9. The maximum Gasteiger partial charge on any atom is 0.248 e. The molecule has 12 rings (SSSR count). The van der Waals surface area contributed by atoms with E-state index in [2.05, 4.69) is 229 Å². The molecule has 0 unspecified atom stereocenters. The molecule has 2 aliphatic heterocycles. The molecule has 4 aliphatic rings. The summed E-state index contributed by atoms with van der Waals surface area (Å²) in [4.78, 5) is 7.69. The third-order valence-corrected chi connectivity index (χ3v) is 14.4. The van der Waals surface area contributed by atoms with Crippen LogP contribution in [-0.2, 0) is 5.41 Å². The molecule has 0 N–H and O–H groups in total. The van der Waals surface area contributed by atoms with Crippen LogP contribution in [0.4, 0.5) is 45.5 Å². The number of nitrogens with zero attached hydrogens (tertiary/aromatic N) is 3. The number of allylic oxidation sites excluding steroid dienone is 1. The van der Waals surface area contributed by atoms with Crippen LogP contribution in [0, 0.1) is 0 Å². The summed E-state index contributed by atoms with van der Waals surface area (Å²) in [7, 11) is 0. The van der Waals surface area contributed by atoms with E-state index in [1.165, 1.54) is 110 Å². The third-order valence-electron chi connectivity index (χ3n) is 14.4. The Hall–Kier alpha value is -7.04. The topological polar surface area (TPSA) is 9.72 Å². The molecule has 8 aromatic carbocycles. The monoisotopic (exact) mass is 811 g/mol. The number of benzene rings is 8. The maximum atomic E-state index is 2.67. The molecule has 1 saturated carbocycles. The van der Waals surface area contributed by atoms with Gasteiger partial charge in [-0.15, -0.1) is 0 Å². The summed E-state index contributed by atoms with van der Waals surface area (Å²) >= 11 is 0. The van der Waals surface area contributed by atoms with Gasteiger partial charge in [-0.2, -0.15) is 0 Å². The van der Waals surface area contributed by atoms with Crippen molar-refractivity contribution in [2.75, 3.05) is 14.7 Å². The van der Waals surface area contributed by atoms with Crippen LogP contribution in [0.25, 0.3) is 16.8 Å². The minimum atomic E-state index is -0.242. The molecule has 0 amide bonds. The lowest BCUT2D eigenvalue weighted by molar-refractivity contribution is 0.444. The van der Waals surface area contributed by atoms with Gasteiger partial charge in [-0.1, -0.05) is 166 Å². The summed E-state index contributed by atoms with van der Waals surface area (Å²) in [5, 5.41) is 0. The Morgan fingerprint density at radius 2 is 1.08 bits per heavy atom. The normalized spacial score (nSPS) is 16.0. The average molecular weight is 812 g/mol. The van der Waals surface area contributed by atoms with Crippen molar-refractivity contribution in [2.45, 2.75) is 57.3 Å². The quantitative estimate of drug-likeness (QED) is 0.148. The molecule has 8 aromatic rings. The lowest BCUT2D eigenvalue weighted by Gasteiger charge is -2.46. The van der Waals surface area contributed by atoms with Gasteiger partial charge in [-0.3, -0.25) is 0 Å². The predicted molar refractivity (Wildman–Crippen MR) is 267 cm³/mol. The molecule has 2 heterocycles. The summed E-state index contributed by atoms with van der Waals surface area (Å²) in [5.74, 6) is 0.510. The van der Waals surface area contributed by atoms with Crippen molar-refractivity contribution >= 4 is 68.8 Å². The molecule has 2 aliphatic carbocycles. The Balaban J connectivity index is 1.18. The van der Waals surface area contributed by atoms with E-state index in [0.29, 0.717) is 5.92 Å². The van der Waals surface area contributed by atoms with Gasteiger partial charge in [0.05, 0.1) is 0 Å². The van der Waals surface area contributed by atoms with Crippen molar-refractivity contribution in [3.63, 3.8) is 0 Å². The second-order valence-electron chi connectivity index (χ2n) is 18.3. The van der Waals surface area contributed by atoms with E-state index in [0.717, 1.165) is 17.1 Å². The molecule has 1 fully saturated rings. The Morgan fingerprint density at radius 3 is 1.78 bits per heavy atom. The zero-order valence-electron chi connectivity index (χ0n) is 36.1. The molecule has 4 heteroatoms. The molecule has 0 aromatic heterocycles. The third kappa shape index (κ3) is 6.10. The highest BCUT2D eigenvalue weighted by molar-refractivity contribution is 6.96. The number of fused-ring (bicyclic) bond motifs is 5. The highest BCUT2D eigenvalue weighted by atomic mass is 15.2. The van der Waals surface area contributed by atoms with Gasteiger partial charge < -0.3 is 14.7 Å². The summed E-state index contributed by atoms with van der Waals surface area (Å²) in [6.07, 6.45) is 6.34. The van der Waals surface area contributed by atoms with Crippen molar-refractivity contribution in [3.8, 4) is 11.1 Å². The lowest BCUT2D eigenvalue weighted by Crippen LogP contribution is -2.57. The first-order chi connectivity index (χ1) is 31.0. The second-order valence-corrected chi connectivity index (χ2v) is 18.3. The van der Waals surface area contributed by atoms with Gasteiger partial charge >= 0.3 is 0 Å². The smallest absolute Gasteiger partial charge is 0.248 e. The number of rotatable bonds is 7. The molecule has 0 saturated heterocycles. The fourth-order valence-corrected chi connectivity index (χ4v) is 11.5. The van der Waals surface area contributed by atoms with Gasteiger partial charge in [-0.05, 0) is 125 Å². The average Bonchev–Trinajstić information content (AvgIpc) is 3.58. The zero-order chi connectivity index (χ0) is 42.1. The summed E-state index contributed by atoms with van der Waals surface area (Å²) < 4.78 is 0. The van der Waals surface area contributed by atoms with Crippen LogP contribution in [0.15, 0.2) is 206 Å². The molecule has 304 valence electrons. The second kappa shape index (κ2) is 15.1. The molecule has 3 nitrogen and oxygen atoms in total. The molecule has 0 bridgehead atoms. The fraction of sp³-hybridized carbons (Fsp3) is 0.153. The fourth-order valence-electron chi connectivity index (χ4n) is 11.5. The zero-order valence-corrected chi connectivity index (χ0v) is 36.1. The SMILES string of the molecule is CC1(C)C2=C(c3ccccc31)N(c1cccc(-c3ccccc3)c1)c1cc(C3CCCCC3)cc3c1B2c1ccc(N(c2ccccc2)c2ccccc2)cc1N3c1ccccc1. The van der Waals surface area contributed by atoms with Crippen LogP contribution < -0.4 is 25.6 Å². The van der Waals surface area contributed by atoms with E-state index in [1.54, 1.807) is 0 Å². The van der Waals surface area contributed by atoms with E-state index < -0.39 is 0 Å². The van der Waals surface area contributed by atoms with Crippen molar-refractivity contribution in [1.82, 2.24) is 0 Å². The molecule has 0 atom stereocenters. The van der Waals surface area contributed by atoms with E-state index in [1.807, 2.05) is 0 Å². The van der Waals surface area contributed by atoms with Crippen molar-refractivity contribution in [3.05, 3.63) is 222 Å². The summed E-state index contributed by atoms with van der Waals surface area (Å²) in [6.45, 7) is 4.97. The minimum Gasteiger partial charge on any atom is -0.311 e. The van der Waals surface area contributed by atoms with E-state index in [4.69, 9.17) is 0 Å². The molecule has 63 heavy (non-hydrogen) atoms. The van der Waals surface area contributed by atoms with Crippen LogP contribution in [0.1, 0.15) is 68.6 Å². The molecular weight excluding hydrogens is 761 g/mol. The number of anilines is 8. The number of hydrogen-bond acceptors (Lipinski definition) is 3. The van der Waals surface area contributed by atoms with Gasteiger partial charge in [0.25, 0.3) is 0 Å². The number of hydrogen-bond donors (Lipinski definition) is 0. The van der Waals surface area contributed by atoms with Gasteiger partial charge in [0.15, 0.2) is 0 Å². The van der Waals surface area contributed by atoms with Gasteiger partial charge in [0, 0.05) is 62.2 Å². The number of para-hydroxylation sites is 3. The van der Waals surface area contributed by atoms with Crippen LogP contribution in [-0.4, -0.2) is 6.71 Å². The summed E-state index contributed by atoms with van der Waals surface area (Å²) in [5.41, 5.74) is 21.6. The van der Waals surface area contributed by atoms with Crippen LogP contribution >= 0.6 is 0 Å². The standard InChI is InChI=1S/C59H50BN3/c1-59(2)51-34-19-18-33-50(51)57-58(59)60-52-36-35-49(61(45-26-12-5-13-27-45)46-28-14-6-15-29-46)40-53(52)62(47-30-16-7-17-31-47)54-38-44(42-23-10-4-11-24-42)39-55(56(54)60)63(57)48-32-20-25-43(37-48)41-21-8-3-9-22-41/h3,5-9,12-22,25-40,42H,4,10-11,23-24H2,1-2H3.